The first-order valence-corrected chi connectivity index (χ1v) is 5.51. The number of carbonyl (C=O) groups is 3. The zero-order valence-corrected chi connectivity index (χ0v) is 9.90. The summed E-state index contributed by atoms with van der Waals surface area (Å²) in [5.41, 5.74) is 6.43. The summed E-state index contributed by atoms with van der Waals surface area (Å²) in [4.78, 5) is 35.8. The van der Waals surface area contributed by atoms with Crippen LogP contribution < -0.4 is 11.1 Å². The summed E-state index contributed by atoms with van der Waals surface area (Å²) in [5.74, 6) is -0.901. The molecule has 0 atom stereocenters. The molecular formula is C12H13N3O3. The minimum atomic E-state index is -0.357. The molecule has 3 amide bonds. The van der Waals surface area contributed by atoms with Crippen molar-refractivity contribution in [1.29, 1.82) is 0 Å². The van der Waals surface area contributed by atoms with Crippen molar-refractivity contribution in [3.63, 3.8) is 0 Å². The molecule has 1 aromatic rings. The molecule has 0 spiro atoms. The molecule has 18 heavy (non-hydrogen) atoms. The van der Waals surface area contributed by atoms with Gasteiger partial charge in [-0.05, 0) is 18.2 Å². The van der Waals surface area contributed by atoms with Crippen LogP contribution in [0.1, 0.15) is 27.1 Å². The van der Waals surface area contributed by atoms with E-state index >= 15 is 0 Å². The van der Waals surface area contributed by atoms with E-state index < -0.39 is 0 Å². The number of nitrogens with two attached hydrogens (primary N) is 1. The zero-order valence-electron chi connectivity index (χ0n) is 9.90. The zero-order chi connectivity index (χ0) is 13.3. The standard InChI is InChI=1S/C12H13N3O3/c1-15-11(17)8-3-2-7(6-9(8)12(15)18)14-10(16)4-5-13/h2-3,6H,4-5,13H2,1H3,(H,14,16). The van der Waals surface area contributed by atoms with Gasteiger partial charge in [-0.15, -0.1) is 0 Å². The molecule has 1 aromatic carbocycles. The number of rotatable bonds is 3. The van der Waals surface area contributed by atoms with Crippen LogP contribution in [0.15, 0.2) is 18.2 Å². The molecule has 0 aromatic heterocycles. The van der Waals surface area contributed by atoms with E-state index in [0.29, 0.717) is 16.8 Å². The highest BCUT2D eigenvalue weighted by Crippen LogP contribution is 2.24. The van der Waals surface area contributed by atoms with Crippen molar-refractivity contribution < 1.29 is 14.4 Å². The number of carbonyl (C=O) groups excluding carboxylic acids is 3. The molecule has 1 aliphatic rings. The number of fused-ring (bicyclic) bond motifs is 1. The Balaban J connectivity index is 2.27. The second-order valence-electron chi connectivity index (χ2n) is 4.02. The van der Waals surface area contributed by atoms with E-state index in [0.717, 1.165) is 4.90 Å². The largest absolute Gasteiger partial charge is 0.330 e. The SMILES string of the molecule is CN1C(=O)c2ccc(NC(=O)CCN)cc2C1=O. The van der Waals surface area contributed by atoms with Crippen LogP contribution >= 0.6 is 0 Å². The van der Waals surface area contributed by atoms with Crippen LogP contribution in [0.3, 0.4) is 0 Å². The molecule has 3 N–H and O–H groups in total. The summed E-state index contributed by atoms with van der Waals surface area (Å²) in [6.07, 6.45) is 0.212. The molecule has 0 saturated heterocycles. The maximum atomic E-state index is 11.7. The summed E-state index contributed by atoms with van der Waals surface area (Å²) in [5, 5.41) is 2.62. The normalized spacial score (nSPS) is 13.8. The molecule has 0 radical (unpaired) electrons. The van der Waals surface area contributed by atoms with Gasteiger partial charge >= 0.3 is 0 Å². The Morgan fingerprint density at radius 1 is 1.28 bits per heavy atom. The average Bonchev–Trinajstić information content (AvgIpc) is 2.55. The number of anilines is 1. The topological polar surface area (TPSA) is 92.5 Å². The number of hydrogen-bond donors (Lipinski definition) is 2. The first-order valence-electron chi connectivity index (χ1n) is 5.51. The van der Waals surface area contributed by atoms with Crippen LogP contribution in [-0.2, 0) is 4.79 Å². The van der Waals surface area contributed by atoms with Crippen LogP contribution in [0.5, 0.6) is 0 Å². The monoisotopic (exact) mass is 247 g/mol. The van der Waals surface area contributed by atoms with E-state index in [9.17, 15) is 14.4 Å². The highest BCUT2D eigenvalue weighted by atomic mass is 16.2. The summed E-state index contributed by atoms with van der Waals surface area (Å²) in [7, 11) is 1.43. The summed E-state index contributed by atoms with van der Waals surface area (Å²) in [6.45, 7) is 0.261. The van der Waals surface area contributed by atoms with E-state index in [1.165, 1.54) is 19.2 Å². The minimum Gasteiger partial charge on any atom is -0.330 e. The van der Waals surface area contributed by atoms with Gasteiger partial charge in [0.25, 0.3) is 11.8 Å². The molecular weight excluding hydrogens is 234 g/mol. The maximum Gasteiger partial charge on any atom is 0.261 e. The van der Waals surface area contributed by atoms with Gasteiger partial charge in [0.15, 0.2) is 0 Å². The van der Waals surface area contributed by atoms with Crippen LogP contribution in [0.4, 0.5) is 5.69 Å². The first-order chi connectivity index (χ1) is 8.54. The van der Waals surface area contributed by atoms with Crippen molar-refractivity contribution in [2.75, 3.05) is 18.9 Å². The van der Waals surface area contributed by atoms with E-state index in [1.54, 1.807) is 6.07 Å². The molecule has 1 aliphatic heterocycles. The van der Waals surface area contributed by atoms with Crippen LogP contribution in [0.25, 0.3) is 0 Å². The Morgan fingerprint density at radius 3 is 2.61 bits per heavy atom. The number of benzene rings is 1. The van der Waals surface area contributed by atoms with Gasteiger partial charge in [0.2, 0.25) is 5.91 Å². The molecule has 0 saturated carbocycles. The number of amides is 3. The number of imide groups is 1. The van der Waals surface area contributed by atoms with Crippen molar-refractivity contribution >= 4 is 23.4 Å². The van der Waals surface area contributed by atoms with Crippen molar-refractivity contribution in [1.82, 2.24) is 4.90 Å². The molecule has 0 aliphatic carbocycles. The third-order valence-electron chi connectivity index (χ3n) is 2.74. The lowest BCUT2D eigenvalue weighted by Crippen LogP contribution is -2.24. The van der Waals surface area contributed by atoms with Gasteiger partial charge in [-0.2, -0.15) is 0 Å². The Hall–Kier alpha value is -2.21. The second-order valence-corrected chi connectivity index (χ2v) is 4.02. The van der Waals surface area contributed by atoms with Crippen LogP contribution in [-0.4, -0.2) is 36.2 Å². The average molecular weight is 247 g/mol. The fraction of sp³-hybridized carbons (Fsp3) is 0.250. The maximum absolute atomic E-state index is 11.7. The quantitative estimate of drug-likeness (QED) is 0.746. The molecule has 6 heteroatoms. The van der Waals surface area contributed by atoms with Crippen molar-refractivity contribution in [3.8, 4) is 0 Å². The van der Waals surface area contributed by atoms with Gasteiger partial charge < -0.3 is 11.1 Å². The molecule has 0 unspecified atom stereocenters. The Morgan fingerprint density at radius 2 is 1.94 bits per heavy atom. The fourth-order valence-corrected chi connectivity index (χ4v) is 1.79. The lowest BCUT2D eigenvalue weighted by Gasteiger charge is -2.05. The Labute approximate surface area is 104 Å². The summed E-state index contributed by atoms with van der Waals surface area (Å²) in [6, 6.07) is 4.64. The lowest BCUT2D eigenvalue weighted by atomic mass is 10.1. The van der Waals surface area contributed by atoms with Crippen LogP contribution in [0, 0.1) is 0 Å². The van der Waals surface area contributed by atoms with Gasteiger partial charge in [0.1, 0.15) is 0 Å². The van der Waals surface area contributed by atoms with Gasteiger partial charge in [0, 0.05) is 25.7 Å². The molecule has 1 heterocycles. The number of nitrogens with one attached hydrogen (secondary N) is 1. The van der Waals surface area contributed by atoms with E-state index in [4.69, 9.17) is 5.73 Å². The predicted octanol–water partition coefficient (Wildman–Crippen LogP) is 0.200. The summed E-state index contributed by atoms with van der Waals surface area (Å²) >= 11 is 0. The molecule has 94 valence electrons. The minimum absolute atomic E-state index is 0.212. The highest BCUT2D eigenvalue weighted by Gasteiger charge is 2.32. The Kier molecular flexibility index (Phi) is 3.12. The smallest absolute Gasteiger partial charge is 0.261 e. The van der Waals surface area contributed by atoms with Crippen molar-refractivity contribution in [2.45, 2.75) is 6.42 Å². The molecule has 2 rings (SSSR count). The molecule has 0 fully saturated rings. The number of nitrogens with zero attached hydrogens (tertiary/aromatic N) is 1. The van der Waals surface area contributed by atoms with Crippen molar-refractivity contribution in [2.24, 2.45) is 5.73 Å². The fourth-order valence-electron chi connectivity index (χ4n) is 1.79. The third kappa shape index (κ3) is 1.98. The van der Waals surface area contributed by atoms with E-state index in [-0.39, 0.29) is 30.7 Å². The second kappa shape index (κ2) is 4.58. The first kappa shape index (κ1) is 12.3. The number of hydrogen-bond acceptors (Lipinski definition) is 4. The van der Waals surface area contributed by atoms with E-state index in [2.05, 4.69) is 5.32 Å². The molecule has 0 bridgehead atoms. The summed E-state index contributed by atoms with van der Waals surface area (Å²) < 4.78 is 0. The van der Waals surface area contributed by atoms with Gasteiger partial charge in [-0.3, -0.25) is 19.3 Å². The van der Waals surface area contributed by atoms with Crippen molar-refractivity contribution in [3.05, 3.63) is 29.3 Å². The van der Waals surface area contributed by atoms with E-state index in [1.807, 2.05) is 0 Å². The van der Waals surface area contributed by atoms with Gasteiger partial charge in [-0.25, -0.2) is 0 Å². The lowest BCUT2D eigenvalue weighted by molar-refractivity contribution is -0.116. The van der Waals surface area contributed by atoms with Gasteiger partial charge in [0.05, 0.1) is 11.1 Å². The highest BCUT2D eigenvalue weighted by molar-refractivity contribution is 6.21. The van der Waals surface area contributed by atoms with Gasteiger partial charge in [-0.1, -0.05) is 0 Å². The van der Waals surface area contributed by atoms with Crippen LogP contribution in [0.2, 0.25) is 0 Å². The third-order valence-corrected chi connectivity index (χ3v) is 2.74. The predicted molar refractivity (Wildman–Crippen MR) is 65.2 cm³/mol. The Bertz CT molecular complexity index is 539. The molecule has 6 nitrogen and oxygen atoms in total.